The van der Waals surface area contributed by atoms with Gasteiger partial charge in [-0.1, -0.05) is 90.4 Å². The van der Waals surface area contributed by atoms with E-state index >= 15 is 0 Å². The Bertz CT molecular complexity index is 1570. The molecule has 1 saturated heterocycles. The van der Waals surface area contributed by atoms with Crippen LogP contribution in [0.5, 0.6) is 5.75 Å². The lowest BCUT2D eigenvalue weighted by Gasteiger charge is -2.35. The van der Waals surface area contributed by atoms with Gasteiger partial charge in [-0.05, 0) is 34.7 Å². The Hall–Kier alpha value is -4.26. The van der Waals surface area contributed by atoms with Gasteiger partial charge in [-0.3, -0.25) is 19.2 Å². The molecule has 4 amide bonds. The van der Waals surface area contributed by atoms with E-state index in [1.54, 1.807) is 18.2 Å². The number of ether oxygens (including phenoxy) is 3. The van der Waals surface area contributed by atoms with Crippen LogP contribution in [0.15, 0.2) is 83.3 Å². The van der Waals surface area contributed by atoms with Crippen LogP contribution in [-0.4, -0.2) is 81.2 Å². The smallest absolute Gasteiger partial charge is 0.248 e. The molecule has 3 aromatic rings. The average Bonchev–Trinajstić information content (AvgIpc) is 3.09. The van der Waals surface area contributed by atoms with Gasteiger partial charge in [0.2, 0.25) is 23.6 Å². The second kappa shape index (κ2) is 19.2. The van der Waals surface area contributed by atoms with E-state index in [1.165, 1.54) is 12.0 Å². The summed E-state index contributed by atoms with van der Waals surface area (Å²) in [4.78, 5) is 57.0. The van der Waals surface area contributed by atoms with Crippen molar-refractivity contribution in [2.75, 3.05) is 46.6 Å². The number of carbonyl (C=O) groups is 4. The molecule has 0 spiro atoms. The number of nitrogens with one attached hydrogen (secondary N) is 3. The molecule has 0 radical (unpaired) electrons. The Morgan fingerprint density at radius 1 is 0.900 bits per heavy atom. The summed E-state index contributed by atoms with van der Waals surface area (Å²) in [5.74, 6) is -1.10. The van der Waals surface area contributed by atoms with Crippen molar-refractivity contribution >= 4 is 39.6 Å². The Morgan fingerprint density at radius 2 is 1.56 bits per heavy atom. The summed E-state index contributed by atoms with van der Waals surface area (Å²) in [5, 5.41) is 8.79. The molecule has 1 fully saturated rings. The molecule has 0 aromatic heterocycles. The summed E-state index contributed by atoms with van der Waals surface area (Å²) < 4.78 is 17.8. The monoisotopic (exact) mass is 750 g/mol. The zero-order valence-corrected chi connectivity index (χ0v) is 30.5. The van der Waals surface area contributed by atoms with Crippen LogP contribution < -0.4 is 20.7 Å². The Labute approximate surface area is 302 Å². The summed E-state index contributed by atoms with van der Waals surface area (Å²) in [6.07, 6.45) is 0.289. The van der Waals surface area contributed by atoms with Gasteiger partial charge < -0.3 is 35.1 Å². The fourth-order valence-corrected chi connectivity index (χ4v) is 6.18. The third kappa shape index (κ3) is 12.0. The summed E-state index contributed by atoms with van der Waals surface area (Å²) in [5.41, 5.74) is 1.45. The molecule has 3 aromatic carbocycles. The van der Waals surface area contributed by atoms with Gasteiger partial charge in [-0.25, -0.2) is 0 Å². The van der Waals surface area contributed by atoms with Gasteiger partial charge in [-0.2, -0.15) is 0 Å². The predicted molar refractivity (Wildman–Crippen MR) is 193 cm³/mol. The van der Waals surface area contributed by atoms with Crippen LogP contribution in [-0.2, 0) is 41.6 Å². The summed E-state index contributed by atoms with van der Waals surface area (Å²) in [7, 11) is 1.50. The Balaban J connectivity index is 1.71. The van der Waals surface area contributed by atoms with Crippen molar-refractivity contribution in [3.05, 3.63) is 100 Å². The molecule has 1 aliphatic rings. The lowest BCUT2D eigenvalue weighted by Crippen LogP contribution is -2.53. The number of carbonyl (C=O) groups excluding carboxylic acids is 4. The van der Waals surface area contributed by atoms with E-state index in [4.69, 9.17) is 14.2 Å². The molecular formula is C38H47BrN4O7. The van der Waals surface area contributed by atoms with Gasteiger partial charge >= 0.3 is 0 Å². The number of amides is 4. The molecule has 4 rings (SSSR count). The Kier molecular flexibility index (Phi) is 14.8. The standard InChI is InChI=1S/C38H47BrN4O7/c1-38(2)24-33(44)40-16-18-49-20-21-50-19-17-43(34(45)25-38)35(30-23-29(39)14-15-32(30)48-3)37(47)42-31(22-27-10-6-4-7-11-27)36(46)41-26-28-12-8-5-9-13-28/h4-15,23,31,35H,16-22,24-26H2,1-3H3,(H,40,44)(H,41,46)(H,42,47). The van der Waals surface area contributed by atoms with Crippen LogP contribution in [0.25, 0.3) is 0 Å². The first-order chi connectivity index (χ1) is 24.1. The van der Waals surface area contributed by atoms with E-state index < -0.39 is 23.4 Å². The molecule has 12 heteroatoms. The van der Waals surface area contributed by atoms with E-state index in [0.717, 1.165) is 11.1 Å². The van der Waals surface area contributed by atoms with Gasteiger partial charge in [0.15, 0.2) is 0 Å². The molecule has 268 valence electrons. The minimum atomic E-state index is -1.21. The summed E-state index contributed by atoms with van der Waals surface area (Å²) in [6.45, 7) is 5.40. The molecular weight excluding hydrogens is 704 g/mol. The largest absolute Gasteiger partial charge is 0.496 e. The molecule has 0 bridgehead atoms. The highest BCUT2D eigenvalue weighted by Crippen LogP contribution is 2.35. The van der Waals surface area contributed by atoms with E-state index in [-0.39, 0.29) is 63.3 Å². The van der Waals surface area contributed by atoms with Gasteiger partial charge in [0.25, 0.3) is 0 Å². The number of rotatable bonds is 10. The van der Waals surface area contributed by atoms with Gasteiger partial charge in [0.05, 0.1) is 33.5 Å². The summed E-state index contributed by atoms with van der Waals surface area (Å²) >= 11 is 3.52. The van der Waals surface area contributed by atoms with Crippen molar-refractivity contribution in [1.82, 2.24) is 20.9 Å². The van der Waals surface area contributed by atoms with Gasteiger partial charge in [0, 0.05) is 48.9 Å². The number of hydrogen-bond donors (Lipinski definition) is 3. The molecule has 1 aliphatic heterocycles. The maximum absolute atomic E-state index is 14.7. The van der Waals surface area contributed by atoms with Crippen molar-refractivity contribution in [3.8, 4) is 5.75 Å². The van der Waals surface area contributed by atoms with Crippen molar-refractivity contribution in [2.24, 2.45) is 5.41 Å². The second-order valence-corrected chi connectivity index (χ2v) is 13.8. The first-order valence-electron chi connectivity index (χ1n) is 16.8. The molecule has 2 atom stereocenters. The summed E-state index contributed by atoms with van der Waals surface area (Å²) in [6, 6.07) is 22.0. The highest BCUT2D eigenvalue weighted by atomic mass is 79.9. The molecule has 0 aliphatic carbocycles. The number of benzene rings is 3. The van der Waals surface area contributed by atoms with E-state index in [9.17, 15) is 19.2 Å². The second-order valence-electron chi connectivity index (χ2n) is 12.9. The topological polar surface area (TPSA) is 135 Å². The number of hydrogen-bond acceptors (Lipinski definition) is 7. The minimum Gasteiger partial charge on any atom is -0.496 e. The van der Waals surface area contributed by atoms with Crippen LogP contribution in [0.2, 0.25) is 0 Å². The van der Waals surface area contributed by atoms with Gasteiger partial charge in [0.1, 0.15) is 17.8 Å². The molecule has 11 nitrogen and oxygen atoms in total. The molecule has 3 N–H and O–H groups in total. The van der Waals surface area contributed by atoms with Crippen LogP contribution in [0.1, 0.15) is 49.4 Å². The first kappa shape index (κ1) is 38.5. The van der Waals surface area contributed by atoms with Crippen molar-refractivity contribution in [2.45, 2.75) is 51.7 Å². The average molecular weight is 752 g/mol. The quantitative estimate of drug-likeness (QED) is 0.281. The molecule has 1 heterocycles. The lowest BCUT2D eigenvalue weighted by molar-refractivity contribution is -0.144. The van der Waals surface area contributed by atoms with Gasteiger partial charge in [-0.15, -0.1) is 0 Å². The van der Waals surface area contributed by atoms with Crippen LogP contribution >= 0.6 is 15.9 Å². The van der Waals surface area contributed by atoms with Crippen LogP contribution in [0.3, 0.4) is 0 Å². The normalized spacial score (nSPS) is 17.3. The highest BCUT2D eigenvalue weighted by molar-refractivity contribution is 9.10. The molecule has 0 saturated carbocycles. The fraction of sp³-hybridized carbons (Fsp3) is 0.421. The highest BCUT2D eigenvalue weighted by Gasteiger charge is 2.38. The SMILES string of the molecule is COc1ccc(Br)cc1C(C(=O)NC(Cc1ccccc1)C(=O)NCc1ccccc1)N1CCOCCOCCNC(=O)CC(C)(C)CC1=O. The van der Waals surface area contributed by atoms with Crippen molar-refractivity contribution in [3.63, 3.8) is 0 Å². The zero-order valence-electron chi connectivity index (χ0n) is 28.9. The van der Waals surface area contributed by atoms with Crippen molar-refractivity contribution < 1.29 is 33.4 Å². The third-order valence-electron chi connectivity index (χ3n) is 8.28. The van der Waals surface area contributed by atoms with E-state index in [0.29, 0.717) is 35.5 Å². The fourth-order valence-electron chi connectivity index (χ4n) is 5.80. The predicted octanol–water partition coefficient (Wildman–Crippen LogP) is 4.34. The first-order valence-corrected chi connectivity index (χ1v) is 17.6. The van der Waals surface area contributed by atoms with E-state index in [2.05, 4.69) is 31.9 Å². The molecule has 50 heavy (non-hydrogen) atoms. The number of halogens is 1. The van der Waals surface area contributed by atoms with Crippen molar-refractivity contribution in [1.29, 1.82) is 0 Å². The zero-order chi connectivity index (χ0) is 35.9. The minimum absolute atomic E-state index is 0.0258. The number of nitrogens with zero attached hydrogens (tertiary/aromatic N) is 1. The van der Waals surface area contributed by atoms with E-state index in [1.807, 2.05) is 74.5 Å². The third-order valence-corrected chi connectivity index (χ3v) is 8.77. The number of methoxy groups -OCH3 is 1. The van der Waals surface area contributed by atoms with Crippen LogP contribution in [0, 0.1) is 5.41 Å². The lowest BCUT2D eigenvalue weighted by atomic mass is 9.84. The maximum atomic E-state index is 14.7. The maximum Gasteiger partial charge on any atom is 0.248 e. The molecule has 2 unspecified atom stereocenters. The Morgan fingerprint density at radius 3 is 2.24 bits per heavy atom. The van der Waals surface area contributed by atoms with Crippen LogP contribution in [0.4, 0.5) is 0 Å².